The van der Waals surface area contributed by atoms with Crippen molar-refractivity contribution in [1.82, 2.24) is 10.3 Å². The molecule has 1 unspecified atom stereocenters. The summed E-state index contributed by atoms with van der Waals surface area (Å²) in [6.45, 7) is 7.77. The summed E-state index contributed by atoms with van der Waals surface area (Å²) in [7, 11) is 1.66. The highest BCUT2D eigenvalue weighted by atomic mass is 16.6. The van der Waals surface area contributed by atoms with Gasteiger partial charge < -0.3 is 19.5 Å². The number of aromatic nitrogens is 1. The summed E-state index contributed by atoms with van der Waals surface area (Å²) in [5, 5.41) is 2.81. The van der Waals surface area contributed by atoms with E-state index in [9.17, 15) is 4.79 Å². The summed E-state index contributed by atoms with van der Waals surface area (Å²) in [4.78, 5) is 16.4. The lowest BCUT2D eigenvalue weighted by atomic mass is 9.91. The monoisotopic (exact) mass is 398 g/mol. The Kier molecular flexibility index (Phi) is 6.42. The minimum absolute atomic E-state index is 0.0834. The van der Waals surface area contributed by atoms with Crippen molar-refractivity contribution in [2.75, 3.05) is 7.11 Å². The summed E-state index contributed by atoms with van der Waals surface area (Å²) >= 11 is 0. The number of methoxy groups -OCH3 is 1. The maximum atomic E-state index is 11.8. The van der Waals surface area contributed by atoms with E-state index in [2.05, 4.69) is 10.3 Å². The molecule has 1 amide bonds. The molecule has 3 rings (SSSR count). The topological polar surface area (TPSA) is 69.7 Å². The molecule has 6 heteroatoms. The van der Waals surface area contributed by atoms with Crippen LogP contribution in [0.1, 0.15) is 52.3 Å². The normalized spacial score (nSPS) is 19.8. The van der Waals surface area contributed by atoms with Crippen molar-refractivity contribution in [2.24, 2.45) is 0 Å². The van der Waals surface area contributed by atoms with Gasteiger partial charge >= 0.3 is 6.09 Å². The Morgan fingerprint density at radius 3 is 2.28 bits per heavy atom. The molecule has 1 aromatic carbocycles. The van der Waals surface area contributed by atoms with E-state index in [0.29, 0.717) is 12.8 Å². The number of nitrogens with zero attached hydrogens (tertiary/aromatic N) is 1. The SMILES string of the molecule is COc1ccc(-c2ccc(C(C)OC3CC(OC(=O)NC(C)(C)C)C3)nc2)cc1. The van der Waals surface area contributed by atoms with Crippen molar-refractivity contribution in [3.8, 4) is 16.9 Å². The molecule has 1 aliphatic rings. The smallest absolute Gasteiger partial charge is 0.407 e. The molecule has 1 N–H and O–H groups in total. The van der Waals surface area contributed by atoms with Gasteiger partial charge in [0.1, 0.15) is 11.9 Å². The van der Waals surface area contributed by atoms with Crippen molar-refractivity contribution in [3.63, 3.8) is 0 Å². The van der Waals surface area contributed by atoms with Crippen LogP contribution in [0.2, 0.25) is 0 Å². The third-order valence-corrected chi connectivity index (χ3v) is 4.83. The van der Waals surface area contributed by atoms with Crippen LogP contribution in [0.3, 0.4) is 0 Å². The molecule has 0 aliphatic heterocycles. The third-order valence-electron chi connectivity index (χ3n) is 4.83. The number of ether oxygens (including phenoxy) is 3. The number of amides is 1. The first-order chi connectivity index (χ1) is 13.7. The fraction of sp³-hybridized carbons (Fsp3) is 0.478. The van der Waals surface area contributed by atoms with Gasteiger partial charge in [-0.15, -0.1) is 0 Å². The average molecular weight is 399 g/mol. The highest BCUT2D eigenvalue weighted by molar-refractivity contribution is 5.68. The van der Waals surface area contributed by atoms with Gasteiger partial charge in [-0.3, -0.25) is 4.98 Å². The molecule has 1 saturated carbocycles. The van der Waals surface area contributed by atoms with E-state index < -0.39 is 0 Å². The lowest BCUT2D eigenvalue weighted by Crippen LogP contribution is -2.46. The molecule has 1 heterocycles. The summed E-state index contributed by atoms with van der Waals surface area (Å²) in [5.74, 6) is 0.832. The number of alkyl carbamates (subject to hydrolysis) is 1. The Hall–Kier alpha value is -2.60. The van der Waals surface area contributed by atoms with Gasteiger partial charge in [-0.05, 0) is 51.5 Å². The Morgan fingerprint density at radius 2 is 1.72 bits per heavy atom. The largest absolute Gasteiger partial charge is 0.497 e. The molecule has 29 heavy (non-hydrogen) atoms. The number of benzene rings is 1. The van der Waals surface area contributed by atoms with Crippen LogP contribution in [-0.4, -0.2) is 35.9 Å². The fourth-order valence-electron chi connectivity index (χ4n) is 3.17. The molecular weight excluding hydrogens is 368 g/mol. The Morgan fingerprint density at radius 1 is 1.07 bits per heavy atom. The van der Waals surface area contributed by atoms with Crippen LogP contribution < -0.4 is 10.1 Å². The van der Waals surface area contributed by atoms with Crippen molar-refractivity contribution in [2.45, 2.75) is 64.4 Å². The Bertz CT molecular complexity index is 806. The molecule has 1 fully saturated rings. The highest BCUT2D eigenvalue weighted by Crippen LogP contribution is 2.31. The van der Waals surface area contributed by atoms with Crippen LogP contribution >= 0.6 is 0 Å². The van der Waals surface area contributed by atoms with Crippen LogP contribution in [0.5, 0.6) is 5.75 Å². The molecule has 6 nitrogen and oxygen atoms in total. The molecule has 2 aromatic rings. The molecule has 1 aromatic heterocycles. The number of rotatable bonds is 6. The standard InChI is InChI=1S/C23H30N2O4/c1-15(28-19-12-20(13-19)29-22(26)25-23(2,3)4)21-11-8-17(14-24-21)16-6-9-18(27-5)10-7-16/h6-11,14-15,19-20H,12-13H2,1-5H3,(H,25,26). The number of hydrogen-bond acceptors (Lipinski definition) is 5. The van der Waals surface area contributed by atoms with Crippen LogP contribution in [0.4, 0.5) is 4.79 Å². The van der Waals surface area contributed by atoms with E-state index in [-0.39, 0.29) is 29.9 Å². The zero-order chi connectivity index (χ0) is 21.0. The highest BCUT2D eigenvalue weighted by Gasteiger charge is 2.35. The zero-order valence-electron chi connectivity index (χ0n) is 17.8. The lowest BCUT2D eigenvalue weighted by Gasteiger charge is -2.36. The molecule has 1 atom stereocenters. The predicted molar refractivity (Wildman–Crippen MR) is 112 cm³/mol. The average Bonchev–Trinajstić information content (AvgIpc) is 2.65. The Balaban J connectivity index is 1.47. The number of pyridine rings is 1. The van der Waals surface area contributed by atoms with E-state index >= 15 is 0 Å². The minimum Gasteiger partial charge on any atom is -0.497 e. The number of carbonyl (C=O) groups excluding carboxylic acids is 1. The number of hydrogen-bond donors (Lipinski definition) is 1. The molecular formula is C23H30N2O4. The molecule has 156 valence electrons. The second-order valence-corrected chi connectivity index (χ2v) is 8.47. The summed E-state index contributed by atoms with van der Waals surface area (Å²) in [5.41, 5.74) is 2.73. The first-order valence-corrected chi connectivity index (χ1v) is 9.98. The van der Waals surface area contributed by atoms with Crippen molar-refractivity contribution in [3.05, 3.63) is 48.3 Å². The quantitative estimate of drug-likeness (QED) is 0.750. The van der Waals surface area contributed by atoms with Gasteiger partial charge in [0.15, 0.2) is 0 Å². The first kappa shape index (κ1) is 21.1. The predicted octanol–water partition coefficient (Wildman–Crippen LogP) is 4.89. The van der Waals surface area contributed by atoms with Gasteiger partial charge in [0, 0.05) is 30.1 Å². The van der Waals surface area contributed by atoms with Crippen molar-refractivity contribution in [1.29, 1.82) is 0 Å². The molecule has 1 aliphatic carbocycles. The summed E-state index contributed by atoms with van der Waals surface area (Å²) in [6, 6.07) is 11.9. The first-order valence-electron chi connectivity index (χ1n) is 9.98. The maximum absolute atomic E-state index is 11.8. The lowest BCUT2D eigenvalue weighted by molar-refractivity contribution is -0.104. The zero-order valence-corrected chi connectivity index (χ0v) is 17.8. The fourth-order valence-corrected chi connectivity index (χ4v) is 3.17. The van der Waals surface area contributed by atoms with Crippen LogP contribution in [-0.2, 0) is 9.47 Å². The van der Waals surface area contributed by atoms with Gasteiger partial charge in [-0.25, -0.2) is 4.79 Å². The van der Waals surface area contributed by atoms with Gasteiger partial charge in [-0.1, -0.05) is 18.2 Å². The summed E-state index contributed by atoms with van der Waals surface area (Å²) < 4.78 is 16.7. The molecule has 0 radical (unpaired) electrons. The molecule has 0 saturated heterocycles. The second kappa shape index (κ2) is 8.82. The van der Waals surface area contributed by atoms with E-state index in [1.807, 2.05) is 70.3 Å². The minimum atomic E-state index is -0.371. The molecule has 0 bridgehead atoms. The Labute approximate surface area is 172 Å². The van der Waals surface area contributed by atoms with Gasteiger partial charge in [0.2, 0.25) is 0 Å². The molecule has 0 spiro atoms. The maximum Gasteiger partial charge on any atom is 0.407 e. The van der Waals surface area contributed by atoms with Crippen LogP contribution in [0.25, 0.3) is 11.1 Å². The second-order valence-electron chi connectivity index (χ2n) is 8.47. The van der Waals surface area contributed by atoms with Crippen LogP contribution in [0.15, 0.2) is 42.6 Å². The summed E-state index contributed by atoms with van der Waals surface area (Å²) in [6.07, 6.45) is 2.80. The van der Waals surface area contributed by atoms with Crippen molar-refractivity contribution >= 4 is 6.09 Å². The van der Waals surface area contributed by atoms with E-state index in [1.54, 1.807) is 7.11 Å². The van der Waals surface area contributed by atoms with E-state index in [0.717, 1.165) is 22.6 Å². The van der Waals surface area contributed by atoms with Crippen LogP contribution in [0, 0.1) is 0 Å². The van der Waals surface area contributed by atoms with E-state index in [4.69, 9.17) is 14.2 Å². The van der Waals surface area contributed by atoms with E-state index in [1.165, 1.54) is 0 Å². The third kappa shape index (κ3) is 5.94. The number of carbonyl (C=O) groups is 1. The van der Waals surface area contributed by atoms with Gasteiger partial charge in [-0.2, -0.15) is 0 Å². The van der Waals surface area contributed by atoms with Gasteiger partial charge in [0.25, 0.3) is 0 Å². The van der Waals surface area contributed by atoms with Gasteiger partial charge in [0.05, 0.1) is 25.0 Å². The number of nitrogens with one attached hydrogen (secondary N) is 1. The van der Waals surface area contributed by atoms with Crippen molar-refractivity contribution < 1.29 is 19.0 Å².